The van der Waals surface area contributed by atoms with Crippen molar-refractivity contribution in [3.05, 3.63) is 0 Å². The Kier molecular flexibility index (Phi) is 30.2. The van der Waals surface area contributed by atoms with Crippen LogP contribution in [0.5, 0.6) is 0 Å². The summed E-state index contributed by atoms with van der Waals surface area (Å²) in [5, 5.41) is 7.00. The van der Waals surface area contributed by atoms with Crippen molar-refractivity contribution in [3.63, 3.8) is 0 Å². The maximum Gasteiger partial charge on any atom is 4.00 e. The molecule has 0 aromatic rings. The fourth-order valence-corrected chi connectivity index (χ4v) is 0.980. The van der Waals surface area contributed by atoms with Crippen LogP contribution in [0.3, 0.4) is 0 Å². The fraction of sp³-hybridized carbons (Fsp3) is 1.00. The molecule has 4 unspecified atom stereocenters. The Bertz CT molecular complexity index is 202. The molecule has 0 aromatic heterocycles. The fourth-order valence-electron chi connectivity index (χ4n) is 0.109. The third-order valence-corrected chi connectivity index (χ3v) is 2.40. The van der Waals surface area contributed by atoms with Crippen molar-refractivity contribution in [1.82, 2.24) is 0 Å². The summed E-state index contributed by atoms with van der Waals surface area (Å²) in [6.07, 6.45) is 0. The van der Waals surface area contributed by atoms with Crippen LogP contribution in [0, 0.1) is 0 Å². The Morgan fingerprint density at radius 2 is 0.824 bits per heavy atom. The summed E-state index contributed by atoms with van der Waals surface area (Å²) in [6.45, 7) is 0. The minimum atomic E-state index is -3.24. The summed E-state index contributed by atoms with van der Waals surface area (Å²) < 4.78 is 43.3. The van der Waals surface area contributed by atoms with Gasteiger partial charge < -0.3 is 24.7 Å². The average molecular weight is 407 g/mol. The second kappa shape index (κ2) is 19.3. The third-order valence-electron chi connectivity index (χ3n) is 0.267. The molecule has 0 aliphatic carbocycles. The van der Waals surface area contributed by atoms with Crippen LogP contribution in [-0.4, -0.2) is 12.2 Å². The van der Waals surface area contributed by atoms with Crippen LogP contribution in [0.4, 0.5) is 0 Å². The zero-order valence-corrected chi connectivity index (χ0v) is 13.9. The Morgan fingerprint density at radius 3 is 0.824 bits per heavy atom. The van der Waals surface area contributed by atoms with Gasteiger partial charge in [-0.25, -0.2) is 0 Å². The Morgan fingerprint density at radius 1 is 0.706 bits per heavy atom. The minimum Gasteiger partial charge on any atom is -0.563 e. The van der Waals surface area contributed by atoms with E-state index in [1.807, 2.05) is 0 Å². The van der Waals surface area contributed by atoms with Gasteiger partial charge in [-0.3, -0.25) is 0 Å². The quantitative estimate of drug-likeness (QED) is 0.491. The van der Waals surface area contributed by atoms with E-state index in [2.05, 4.69) is 8.62 Å². The Balaban J connectivity index is -0.0000000823. The molecule has 0 rings (SSSR count). The van der Waals surface area contributed by atoms with Gasteiger partial charge >= 0.3 is 59.2 Å². The maximum absolute atomic E-state index is 9.24. The van der Waals surface area contributed by atoms with E-state index in [1.54, 1.807) is 0 Å². The van der Waals surface area contributed by atoms with Gasteiger partial charge in [-0.15, -0.1) is 0 Å². The molecule has 0 spiro atoms. The smallest absolute Gasteiger partial charge is 0.563 e. The third kappa shape index (κ3) is 47.2. The van der Waals surface area contributed by atoms with E-state index >= 15 is 0 Å². The SMILES string of the molecule is CO.O=[P+]([O-])O[P+](=O)[O-].O=[P+]([O-])O[P+](=O)[O-].[Zr+4]. The predicted molar refractivity (Wildman–Crippen MR) is 40.7 cm³/mol. The van der Waals surface area contributed by atoms with Crippen LogP contribution in [0.15, 0.2) is 0 Å². The molecule has 0 radical (unpaired) electrons. The molecular formula is CH4O11P4Zr+4. The molecule has 0 saturated heterocycles. The summed E-state index contributed by atoms with van der Waals surface area (Å²) in [6, 6.07) is 0. The van der Waals surface area contributed by atoms with Crippen LogP contribution in [0.2, 0.25) is 0 Å². The van der Waals surface area contributed by atoms with Crippen LogP contribution < -0.4 is 19.6 Å². The van der Waals surface area contributed by atoms with Gasteiger partial charge in [0.25, 0.3) is 0 Å². The first-order valence-electron chi connectivity index (χ1n) is 2.64. The first-order valence-corrected chi connectivity index (χ1v) is 7.02. The summed E-state index contributed by atoms with van der Waals surface area (Å²) in [7, 11) is -11.9. The molecule has 0 aliphatic rings. The van der Waals surface area contributed by atoms with Crippen LogP contribution in [-0.2, 0) is 53.1 Å². The first-order chi connectivity index (χ1) is 7.25. The normalized spacial score (nSPS) is 11.4. The van der Waals surface area contributed by atoms with Gasteiger partial charge in [-0.05, 0) is 18.3 Å². The molecule has 17 heavy (non-hydrogen) atoms. The van der Waals surface area contributed by atoms with E-state index in [0.717, 1.165) is 7.11 Å². The minimum absolute atomic E-state index is 0. The van der Waals surface area contributed by atoms with Crippen molar-refractivity contribution in [2.75, 3.05) is 7.11 Å². The monoisotopic (exact) mass is 406 g/mol. The van der Waals surface area contributed by atoms with Gasteiger partial charge in [0.15, 0.2) is 0 Å². The van der Waals surface area contributed by atoms with Gasteiger partial charge in [0.2, 0.25) is 0 Å². The molecule has 0 amide bonds. The van der Waals surface area contributed by atoms with Crippen molar-refractivity contribution in [2.45, 2.75) is 0 Å². The second-order valence-electron chi connectivity index (χ2n) is 1.06. The number of rotatable bonds is 4. The van der Waals surface area contributed by atoms with Gasteiger partial charge in [0.1, 0.15) is 8.62 Å². The number of aliphatic hydroxyl groups excluding tert-OH is 1. The number of hydrogen-bond donors (Lipinski definition) is 1. The van der Waals surface area contributed by atoms with Crippen molar-refractivity contribution in [1.29, 1.82) is 0 Å². The summed E-state index contributed by atoms with van der Waals surface area (Å²) in [4.78, 5) is 37.0. The molecule has 1 N–H and O–H groups in total. The predicted octanol–water partition coefficient (Wildman–Crippen LogP) is -2.32. The van der Waals surface area contributed by atoms with Crippen molar-refractivity contribution >= 4 is 33.0 Å². The maximum atomic E-state index is 9.24. The first kappa shape index (κ1) is 26.5. The topological polar surface area (TPSA) is 199 Å². The molecule has 0 saturated carbocycles. The average Bonchev–Trinajstić information content (AvgIpc) is 2.03. The molecule has 94 valence electrons. The largest absolute Gasteiger partial charge is 4.00 e. The van der Waals surface area contributed by atoms with Gasteiger partial charge in [-0.1, -0.05) is 0 Å². The van der Waals surface area contributed by atoms with E-state index in [0.29, 0.717) is 0 Å². The molecule has 0 fully saturated rings. The van der Waals surface area contributed by atoms with Gasteiger partial charge in [0, 0.05) is 7.11 Å². The van der Waals surface area contributed by atoms with Gasteiger partial charge in [-0.2, -0.15) is 0 Å². The van der Waals surface area contributed by atoms with Crippen molar-refractivity contribution in [2.24, 2.45) is 0 Å². The van der Waals surface area contributed by atoms with Crippen LogP contribution >= 0.6 is 33.0 Å². The van der Waals surface area contributed by atoms with E-state index in [9.17, 15) is 37.8 Å². The summed E-state index contributed by atoms with van der Waals surface area (Å²) in [5.74, 6) is 0. The molecule has 16 heteroatoms. The number of hydrogen-bond acceptors (Lipinski definition) is 11. The Hall–Kier alpha value is 1.00. The second-order valence-corrected chi connectivity index (χ2v) is 4.15. The summed E-state index contributed by atoms with van der Waals surface area (Å²) in [5.41, 5.74) is 0. The van der Waals surface area contributed by atoms with Gasteiger partial charge in [0.05, 0.1) is 0 Å². The van der Waals surface area contributed by atoms with Crippen LogP contribution in [0.1, 0.15) is 0 Å². The molecule has 0 bridgehead atoms. The Labute approximate surface area is 118 Å². The molecule has 11 nitrogen and oxygen atoms in total. The van der Waals surface area contributed by atoms with E-state index in [1.165, 1.54) is 0 Å². The van der Waals surface area contributed by atoms with E-state index in [4.69, 9.17) is 5.11 Å². The summed E-state index contributed by atoms with van der Waals surface area (Å²) >= 11 is 0. The zero-order chi connectivity index (χ0) is 13.7. The number of aliphatic hydroxyl groups is 1. The molecule has 0 aliphatic heterocycles. The standard InChI is InChI=1S/CH4O.2O5P2.Zr/c1-2;2*1-6(2)5-7(3)4;/h2H,1H3;;;/q;;;+4. The van der Waals surface area contributed by atoms with Crippen molar-refractivity contribution < 1.29 is 77.8 Å². The molecule has 0 aromatic carbocycles. The molecule has 0 heterocycles. The molecular weight excluding hydrogens is 403 g/mol. The zero-order valence-electron chi connectivity index (χ0n) is 7.82. The molecule has 4 atom stereocenters. The van der Waals surface area contributed by atoms with E-state index in [-0.39, 0.29) is 26.2 Å². The van der Waals surface area contributed by atoms with Crippen LogP contribution in [0.25, 0.3) is 0 Å². The van der Waals surface area contributed by atoms with E-state index < -0.39 is 33.0 Å². The van der Waals surface area contributed by atoms with Crippen molar-refractivity contribution in [3.8, 4) is 0 Å².